The Morgan fingerprint density at radius 1 is 1.31 bits per heavy atom. The van der Waals surface area contributed by atoms with Crippen molar-refractivity contribution in [2.75, 3.05) is 0 Å². The smallest absolute Gasteiger partial charge is 0.125 e. The zero-order chi connectivity index (χ0) is 11.4. The van der Waals surface area contributed by atoms with Gasteiger partial charge in [-0.15, -0.1) is 0 Å². The molecule has 0 unspecified atom stereocenters. The van der Waals surface area contributed by atoms with E-state index in [1.165, 1.54) is 5.56 Å². The highest BCUT2D eigenvalue weighted by Gasteiger charge is 2.10. The summed E-state index contributed by atoms with van der Waals surface area (Å²) in [5, 5.41) is 0. The van der Waals surface area contributed by atoms with Crippen LogP contribution in [0.25, 0.3) is 0 Å². The van der Waals surface area contributed by atoms with Gasteiger partial charge in [0.15, 0.2) is 0 Å². The van der Waals surface area contributed by atoms with Gasteiger partial charge in [-0.1, -0.05) is 37.3 Å². The molecule has 0 radical (unpaired) electrons. The summed E-state index contributed by atoms with van der Waals surface area (Å²) in [5.41, 5.74) is 7.28. The first-order valence-electron chi connectivity index (χ1n) is 5.61. The molecule has 0 amide bonds. The zero-order valence-corrected chi connectivity index (χ0v) is 9.50. The van der Waals surface area contributed by atoms with Gasteiger partial charge in [-0.05, 0) is 12.0 Å². The molecule has 0 aliphatic rings. The first kappa shape index (κ1) is 10.9. The van der Waals surface area contributed by atoms with E-state index < -0.39 is 0 Å². The number of hydrogen-bond donors (Lipinski definition) is 1. The fourth-order valence-electron chi connectivity index (χ4n) is 1.75. The lowest BCUT2D eigenvalue weighted by molar-refractivity contribution is 0.598. The van der Waals surface area contributed by atoms with Crippen molar-refractivity contribution in [3.8, 4) is 0 Å². The SMILES string of the molecule is CC[C@@H](N)c1nccn1Cc1ccccc1. The summed E-state index contributed by atoms with van der Waals surface area (Å²) in [5.74, 6) is 0.964. The van der Waals surface area contributed by atoms with Gasteiger partial charge in [0.25, 0.3) is 0 Å². The van der Waals surface area contributed by atoms with Gasteiger partial charge in [-0.3, -0.25) is 0 Å². The van der Waals surface area contributed by atoms with E-state index in [9.17, 15) is 0 Å². The van der Waals surface area contributed by atoms with E-state index in [1.807, 2.05) is 30.6 Å². The minimum Gasteiger partial charge on any atom is -0.329 e. The second-order valence-electron chi connectivity index (χ2n) is 3.91. The van der Waals surface area contributed by atoms with E-state index in [4.69, 9.17) is 5.73 Å². The Morgan fingerprint density at radius 3 is 2.75 bits per heavy atom. The third-order valence-corrected chi connectivity index (χ3v) is 2.71. The van der Waals surface area contributed by atoms with Crippen LogP contribution in [0.2, 0.25) is 0 Å². The largest absolute Gasteiger partial charge is 0.329 e. The molecule has 1 aromatic carbocycles. The van der Waals surface area contributed by atoms with Crippen molar-refractivity contribution in [1.82, 2.24) is 9.55 Å². The van der Waals surface area contributed by atoms with Crippen molar-refractivity contribution < 1.29 is 0 Å². The lowest BCUT2D eigenvalue weighted by Gasteiger charge is -2.12. The number of benzene rings is 1. The molecule has 1 heterocycles. The van der Waals surface area contributed by atoms with Crippen LogP contribution in [0.15, 0.2) is 42.7 Å². The molecule has 3 heteroatoms. The maximum Gasteiger partial charge on any atom is 0.125 e. The maximum absolute atomic E-state index is 6.01. The molecule has 0 saturated carbocycles. The Bertz CT molecular complexity index is 433. The number of nitrogens with two attached hydrogens (primary N) is 1. The first-order valence-corrected chi connectivity index (χ1v) is 5.61. The van der Waals surface area contributed by atoms with Crippen molar-refractivity contribution in [3.05, 3.63) is 54.1 Å². The summed E-state index contributed by atoms with van der Waals surface area (Å²) in [6, 6.07) is 10.4. The van der Waals surface area contributed by atoms with Crippen LogP contribution < -0.4 is 5.73 Å². The predicted octanol–water partition coefficient (Wildman–Crippen LogP) is 2.34. The molecule has 0 spiro atoms. The molecule has 2 N–H and O–H groups in total. The van der Waals surface area contributed by atoms with Crippen LogP contribution in [-0.2, 0) is 6.54 Å². The second-order valence-corrected chi connectivity index (χ2v) is 3.91. The van der Waals surface area contributed by atoms with Crippen LogP contribution >= 0.6 is 0 Å². The number of hydrogen-bond acceptors (Lipinski definition) is 2. The summed E-state index contributed by atoms with van der Waals surface area (Å²) < 4.78 is 2.11. The highest BCUT2D eigenvalue weighted by atomic mass is 15.1. The van der Waals surface area contributed by atoms with Gasteiger partial charge in [0.05, 0.1) is 6.04 Å². The molecule has 0 aliphatic heterocycles. The molecule has 2 rings (SSSR count). The van der Waals surface area contributed by atoms with Crippen LogP contribution in [0.1, 0.15) is 30.8 Å². The van der Waals surface area contributed by atoms with Crippen molar-refractivity contribution in [1.29, 1.82) is 0 Å². The molecule has 0 fully saturated rings. The van der Waals surface area contributed by atoms with Gasteiger partial charge in [0, 0.05) is 18.9 Å². The van der Waals surface area contributed by atoms with Gasteiger partial charge in [0.2, 0.25) is 0 Å². The van der Waals surface area contributed by atoms with Crippen LogP contribution in [0.5, 0.6) is 0 Å². The molecular formula is C13H17N3. The zero-order valence-electron chi connectivity index (χ0n) is 9.50. The Kier molecular flexibility index (Phi) is 3.37. The highest BCUT2D eigenvalue weighted by molar-refractivity contribution is 5.16. The van der Waals surface area contributed by atoms with Gasteiger partial charge in [-0.25, -0.2) is 4.98 Å². The van der Waals surface area contributed by atoms with Crippen molar-refractivity contribution in [3.63, 3.8) is 0 Å². The molecule has 0 saturated heterocycles. The van der Waals surface area contributed by atoms with E-state index in [2.05, 4.69) is 28.6 Å². The number of imidazole rings is 1. The second kappa shape index (κ2) is 4.94. The van der Waals surface area contributed by atoms with Gasteiger partial charge >= 0.3 is 0 Å². The van der Waals surface area contributed by atoms with Crippen molar-refractivity contribution in [2.24, 2.45) is 5.73 Å². The Labute approximate surface area is 95.9 Å². The summed E-state index contributed by atoms with van der Waals surface area (Å²) in [4.78, 5) is 4.32. The Balaban J connectivity index is 2.19. The summed E-state index contributed by atoms with van der Waals surface area (Å²) in [6.07, 6.45) is 4.71. The van der Waals surface area contributed by atoms with Crippen LogP contribution in [0, 0.1) is 0 Å². The Morgan fingerprint density at radius 2 is 2.06 bits per heavy atom. The molecule has 3 nitrogen and oxygen atoms in total. The Hall–Kier alpha value is -1.61. The van der Waals surface area contributed by atoms with Crippen molar-refractivity contribution in [2.45, 2.75) is 25.9 Å². The fraction of sp³-hybridized carbons (Fsp3) is 0.308. The van der Waals surface area contributed by atoms with E-state index in [0.717, 1.165) is 18.8 Å². The monoisotopic (exact) mass is 215 g/mol. The summed E-state index contributed by atoms with van der Waals surface area (Å²) >= 11 is 0. The summed E-state index contributed by atoms with van der Waals surface area (Å²) in [7, 11) is 0. The van der Waals surface area contributed by atoms with E-state index in [0.29, 0.717) is 0 Å². The molecule has 16 heavy (non-hydrogen) atoms. The van der Waals surface area contributed by atoms with Gasteiger partial charge in [-0.2, -0.15) is 0 Å². The van der Waals surface area contributed by atoms with E-state index in [-0.39, 0.29) is 6.04 Å². The molecule has 2 aromatic rings. The quantitative estimate of drug-likeness (QED) is 0.850. The average Bonchev–Trinajstić information content (AvgIpc) is 2.77. The van der Waals surface area contributed by atoms with Crippen LogP contribution in [0.4, 0.5) is 0 Å². The third-order valence-electron chi connectivity index (χ3n) is 2.71. The molecule has 1 atom stereocenters. The standard InChI is InChI=1S/C13H17N3/c1-2-12(14)13-15-8-9-16(13)10-11-6-4-3-5-7-11/h3-9,12H,2,10,14H2,1H3/t12-/m1/s1. The first-order chi connectivity index (χ1) is 7.81. The lowest BCUT2D eigenvalue weighted by Crippen LogP contribution is -2.16. The van der Waals surface area contributed by atoms with Crippen LogP contribution in [-0.4, -0.2) is 9.55 Å². The molecule has 0 aliphatic carbocycles. The van der Waals surface area contributed by atoms with Crippen molar-refractivity contribution >= 4 is 0 Å². The maximum atomic E-state index is 6.01. The molecular weight excluding hydrogens is 198 g/mol. The molecule has 1 aromatic heterocycles. The minimum atomic E-state index is 0.0266. The third kappa shape index (κ3) is 2.31. The summed E-state index contributed by atoms with van der Waals surface area (Å²) in [6.45, 7) is 2.91. The molecule has 84 valence electrons. The lowest BCUT2D eigenvalue weighted by atomic mass is 10.2. The van der Waals surface area contributed by atoms with E-state index in [1.54, 1.807) is 0 Å². The topological polar surface area (TPSA) is 43.8 Å². The number of aromatic nitrogens is 2. The predicted molar refractivity (Wildman–Crippen MR) is 65.0 cm³/mol. The van der Waals surface area contributed by atoms with Gasteiger partial charge in [0.1, 0.15) is 5.82 Å². The van der Waals surface area contributed by atoms with Crippen LogP contribution in [0.3, 0.4) is 0 Å². The minimum absolute atomic E-state index is 0.0266. The van der Waals surface area contributed by atoms with Gasteiger partial charge < -0.3 is 10.3 Å². The average molecular weight is 215 g/mol. The van der Waals surface area contributed by atoms with E-state index >= 15 is 0 Å². The normalized spacial score (nSPS) is 12.6. The number of rotatable bonds is 4. The number of nitrogens with zero attached hydrogens (tertiary/aromatic N) is 2. The fourth-order valence-corrected chi connectivity index (χ4v) is 1.75. The molecule has 0 bridgehead atoms. The highest BCUT2D eigenvalue weighted by Crippen LogP contribution is 2.13.